The van der Waals surface area contributed by atoms with Crippen LogP contribution in [0.1, 0.15) is 29.8 Å². The summed E-state index contributed by atoms with van der Waals surface area (Å²) in [5, 5.41) is 3.45. The summed E-state index contributed by atoms with van der Waals surface area (Å²) in [5.74, 6) is 0.927. The lowest BCUT2D eigenvalue weighted by Gasteiger charge is -2.17. The molecule has 0 aliphatic carbocycles. The zero-order chi connectivity index (χ0) is 13.7. The van der Waals surface area contributed by atoms with Crippen LogP contribution in [0.4, 0.5) is 0 Å². The Hall–Kier alpha value is -1.46. The third-order valence-corrected chi connectivity index (χ3v) is 3.54. The van der Waals surface area contributed by atoms with Crippen LogP contribution in [-0.4, -0.2) is 22.4 Å². The minimum Gasteiger partial charge on any atom is -0.496 e. The molecule has 2 rings (SSSR count). The maximum Gasteiger partial charge on any atom is 0.122 e. The van der Waals surface area contributed by atoms with Crippen LogP contribution < -0.4 is 10.1 Å². The summed E-state index contributed by atoms with van der Waals surface area (Å²) in [6.07, 6.45) is 2.68. The molecule has 0 spiro atoms. The molecule has 0 bridgehead atoms. The van der Waals surface area contributed by atoms with Crippen LogP contribution in [0.2, 0.25) is 0 Å². The molecule has 4 nitrogen and oxygen atoms in total. The van der Waals surface area contributed by atoms with Crippen molar-refractivity contribution in [3.8, 4) is 5.75 Å². The number of aryl methyl sites for hydroxylation is 1. The Morgan fingerprint density at radius 3 is 2.89 bits per heavy atom. The summed E-state index contributed by atoms with van der Waals surface area (Å²) >= 11 is 1.25. The quantitative estimate of drug-likeness (QED) is 0.882. The number of aromatic nitrogens is 2. The first-order valence-electron chi connectivity index (χ1n) is 6.39. The van der Waals surface area contributed by atoms with Crippen molar-refractivity contribution in [2.75, 3.05) is 13.7 Å². The van der Waals surface area contributed by atoms with E-state index < -0.39 is 0 Å². The van der Waals surface area contributed by atoms with Gasteiger partial charge in [0.25, 0.3) is 0 Å². The number of ether oxygens (including phenoxy) is 1. The maximum absolute atomic E-state index is 5.44. The van der Waals surface area contributed by atoms with E-state index in [4.69, 9.17) is 4.74 Å². The average Bonchev–Trinajstić information content (AvgIpc) is 2.92. The molecule has 19 heavy (non-hydrogen) atoms. The fraction of sp³-hybridized carbons (Fsp3) is 0.429. The molecule has 0 saturated carbocycles. The second-order valence-electron chi connectivity index (χ2n) is 4.46. The molecule has 1 N–H and O–H groups in total. The number of hydrogen-bond acceptors (Lipinski definition) is 5. The summed E-state index contributed by atoms with van der Waals surface area (Å²) in [6, 6.07) is 6.43. The molecule has 0 aliphatic heterocycles. The lowest BCUT2D eigenvalue weighted by atomic mass is 10.0. The molecule has 1 atom stereocenters. The highest BCUT2D eigenvalue weighted by Gasteiger charge is 2.16. The number of likely N-dealkylation sites (N-methyl/N-ethyl adjacent to an activating group) is 1. The number of methoxy groups -OCH3 is 1. The number of hydrogen-bond donors (Lipinski definition) is 1. The third-order valence-electron chi connectivity index (χ3n) is 3.05. The summed E-state index contributed by atoms with van der Waals surface area (Å²) < 4.78 is 13.9. The van der Waals surface area contributed by atoms with Crippen LogP contribution in [0.15, 0.2) is 24.4 Å². The second-order valence-corrected chi connectivity index (χ2v) is 5.02. The van der Waals surface area contributed by atoms with Crippen molar-refractivity contribution in [1.29, 1.82) is 0 Å². The normalized spacial score (nSPS) is 12.4. The van der Waals surface area contributed by atoms with Crippen LogP contribution in [0.5, 0.6) is 5.75 Å². The van der Waals surface area contributed by atoms with E-state index in [2.05, 4.69) is 40.0 Å². The molecule has 0 aliphatic rings. The minimum absolute atomic E-state index is 0.180. The van der Waals surface area contributed by atoms with E-state index in [1.165, 1.54) is 22.9 Å². The molecule has 1 aromatic carbocycles. The van der Waals surface area contributed by atoms with Crippen molar-refractivity contribution in [1.82, 2.24) is 14.1 Å². The Kier molecular flexibility index (Phi) is 4.87. The molecule has 0 saturated heterocycles. The predicted molar refractivity (Wildman–Crippen MR) is 77.8 cm³/mol. The number of nitrogens with one attached hydrogen (secondary N) is 1. The molecule has 102 valence electrons. The third kappa shape index (κ3) is 3.52. The van der Waals surface area contributed by atoms with Gasteiger partial charge in [0.2, 0.25) is 0 Å². The Morgan fingerprint density at radius 1 is 1.42 bits per heavy atom. The predicted octanol–water partition coefficient (Wildman–Crippen LogP) is 2.75. The van der Waals surface area contributed by atoms with Crippen molar-refractivity contribution in [2.24, 2.45) is 0 Å². The van der Waals surface area contributed by atoms with Crippen LogP contribution in [0, 0.1) is 6.92 Å². The molecule has 0 fully saturated rings. The Bertz CT molecular complexity index is 513. The molecular weight excluding hydrogens is 258 g/mol. The highest BCUT2D eigenvalue weighted by atomic mass is 32.1. The lowest BCUT2D eigenvalue weighted by molar-refractivity contribution is 0.405. The highest BCUT2D eigenvalue weighted by Crippen LogP contribution is 2.25. The van der Waals surface area contributed by atoms with Crippen molar-refractivity contribution >= 4 is 11.7 Å². The van der Waals surface area contributed by atoms with Crippen molar-refractivity contribution in [2.45, 2.75) is 26.3 Å². The van der Waals surface area contributed by atoms with Crippen molar-refractivity contribution < 1.29 is 4.74 Å². The zero-order valence-corrected chi connectivity index (χ0v) is 12.3. The van der Waals surface area contributed by atoms with Crippen molar-refractivity contribution in [3.63, 3.8) is 0 Å². The summed E-state index contributed by atoms with van der Waals surface area (Å²) in [6.45, 7) is 5.09. The first-order valence-corrected chi connectivity index (χ1v) is 7.12. The Labute approximate surface area is 118 Å². The van der Waals surface area contributed by atoms with Gasteiger partial charge >= 0.3 is 0 Å². The van der Waals surface area contributed by atoms with Gasteiger partial charge in [0, 0.05) is 0 Å². The number of rotatable bonds is 6. The van der Waals surface area contributed by atoms with Crippen LogP contribution in [-0.2, 0) is 6.42 Å². The van der Waals surface area contributed by atoms with Crippen molar-refractivity contribution in [3.05, 3.63) is 41.2 Å². The summed E-state index contributed by atoms with van der Waals surface area (Å²) in [7, 11) is 1.71. The largest absolute Gasteiger partial charge is 0.496 e. The van der Waals surface area contributed by atoms with Gasteiger partial charge in [-0.2, -0.15) is 8.75 Å². The van der Waals surface area contributed by atoms with Gasteiger partial charge in [0.15, 0.2) is 0 Å². The molecule has 5 heteroatoms. The van der Waals surface area contributed by atoms with Gasteiger partial charge in [-0.05, 0) is 31.5 Å². The Balaban J connectivity index is 2.24. The lowest BCUT2D eigenvalue weighted by Crippen LogP contribution is -2.23. The molecule has 1 unspecified atom stereocenters. The van der Waals surface area contributed by atoms with Gasteiger partial charge in [-0.3, -0.25) is 0 Å². The van der Waals surface area contributed by atoms with E-state index in [-0.39, 0.29) is 6.04 Å². The second kappa shape index (κ2) is 6.63. The first kappa shape index (κ1) is 14.0. The molecule has 1 heterocycles. The van der Waals surface area contributed by atoms with Crippen LogP contribution in [0.3, 0.4) is 0 Å². The molecular formula is C14H19N3OS. The van der Waals surface area contributed by atoms with E-state index in [9.17, 15) is 0 Å². The van der Waals surface area contributed by atoms with E-state index in [0.717, 1.165) is 24.4 Å². The Morgan fingerprint density at radius 2 is 2.26 bits per heavy atom. The van der Waals surface area contributed by atoms with Gasteiger partial charge < -0.3 is 10.1 Å². The van der Waals surface area contributed by atoms with E-state index in [0.29, 0.717) is 0 Å². The van der Waals surface area contributed by atoms with E-state index >= 15 is 0 Å². The first-order chi connectivity index (χ1) is 9.24. The van der Waals surface area contributed by atoms with Gasteiger partial charge in [-0.1, -0.05) is 24.6 Å². The minimum atomic E-state index is 0.180. The molecule has 0 radical (unpaired) electrons. The molecule has 1 aromatic heterocycles. The SMILES string of the molecule is CCNC(Cc1cc(C)ccc1OC)c1cnsn1. The zero-order valence-electron chi connectivity index (χ0n) is 11.5. The molecule has 0 amide bonds. The number of benzene rings is 1. The molecule has 2 aromatic rings. The van der Waals surface area contributed by atoms with Crippen LogP contribution in [0.25, 0.3) is 0 Å². The average molecular weight is 277 g/mol. The van der Waals surface area contributed by atoms with Gasteiger partial charge in [-0.25, -0.2) is 0 Å². The van der Waals surface area contributed by atoms with Gasteiger partial charge in [0.1, 0.15) is 5.75 Å². The van der Waals surface area contributed by atoms with Crippen LogP contribution >= 0.6 is 11.7 Å². The topological polar surface area (TPSA) is 47.0 Å². The smallest absolute Gasteiger partial charge is 0.122 e. The number of nitrogens with zero attached hydrogens (tertiary/aromatic N) is 2. The highest BCUT2D eigenvalue weighted by molar-refractivity contribution is 6.99. The van der Waals surface area contributed by atoms with Gasteiger partial charge in [-0.15, -0.1) is 0 Å². The van der Waals surface area contributed by atoms with E-state index in [1.54, 1.807) is 7.11 Å². The fourth-order valence-electron chi connectivity index (χ4n) is 2.14. The summed E-state index contributed by atoms with van der Waals surface area (Å²) in [4.78, 5) is 0. The van der Waals surface area contributed by atoms with E-state index in [1.807, 2.05) is 12.3 Å². The standard InChI is InChI=1S/C14H19N3OS/c1-4-15-12(13-9-16-19-17-13)8-11-7-10(2)5-6-14(11)18-3/h5-7,9,12,15H,4,8H2,1-3H3. The maximum atomic E-state index is 5.44. The van der Waals surface area contributed by atoms with Gasteiger partial charge in [0.05, 0.1) is 36.8 Å². The summed E-state index contributed by atoms with van der Waals surface area (Å²) in [5.41, 5.74) is 3.43. The monoisotopic (exact) mass is 277 g/mol. The fourth-order valence-corrected chi connectivity index (χ4v) is 2.61.